The van der Waals surface area contributed by atoms with Gasteiger partial charge in [-0.05, 0) is 13.8 Å². The summed E-state index contributed by atoms with van der Waals surface area (Å²) in [5.74, 6) is 0.539. The van der Waals surface area contributed by atoms with Gasteiger partial charge in [-0.3, -0.25) is 0 Å². The first-order valence-electron chi connectivity index (χ1n) is 4.90. The molecule has 0 aromatic carbocycles. The monoisotopic (exact) mass is 182 g/mol. The molecule has 0 aliphatic carbocycles. The van der Waals surface area contributed by atoms with Gasteiger partial charge in [-0.15, -0.1) is 9.36 Å². The van der Waals surface area contributed by atoms with Crippen molar-refractivity contribution in [1.29, 1.82) is 0 Å². The minimum absolute atomic E-state index is 0.443. The molecule has 0 saturated heterocycles. The van der Waals surface area contributed by atoms with E-state index >= 15 is 0 Å². The van der Waals surface area contributed by atoms with Gasteiger partial charge in [0.1, 0.15) is 13.1 Å². The van der Waals surface area contributed by atoms with Crippen molar-refractivity contribution >= 4 is 0 Å². The zero-order valence-electron chi connectivity index (χ0n) is 9.50. The predicted molar refractivity (Wildman–Crippen MR) is 52.6 cm³/mol. The van der Waals surface area contributed by atoms with Gasteiger partial charge in [0, 0.05) is 12.8 Å². The lowest BCUT2D eigenvalue weighted by Gasteiger charge is -2.00. The number of rotatable bonds is 2. The van der Waals surface area contributed by atoms with Crippen LogP contribution in [0, 0.1) is 6.92 Å². The maximum atomic E-state index is 4.46. The summed E-state index contributed by atoms with van der Waals surface area (Å²) in [6, 6.07) is 0.443. The minimum atomic E-state index is 0.443. The lowest BCUT2D eigenvalue weighted by Crippen LogP contribution is -2.36. The van der Waals surface area contributed by atoms with Gasteiger partial charge in [-0.2, -0.15) is 0 Å². The van der Waals surface area contributed by atoms with E-state index in [1.165, 1.54) is 11.4 Å². The highest BCUT2D eigenvalue weighted by atomic mass is 15.5. The average Bonchev–Trinajstić information content (AvgIpc) is 2.26. The molecule has 13 heavy (non-hydrogen) atoms. The molecule has 0 spiro atoms. The molecule has 3 heteroatoms. The number of hydrogen-bond acceptors (Lipinski definition) is 1. The third kappa shape index (κ3) is 1.74. The van der Waals surface area contributed by atoms with Crippen molar-refractivity contribution in [1.82, 2.24) is 9.90 Å². The Hall–Kier alpha value is -0.860. The Balaban J connectivity index is 3.22. The summed E-state index contributed by atoms with van der Waals surface area (Å²) in [6.07, 6.45) is 0. The third-order valence-electron chi connectivity index (χ3n) is 2.33. The van der Waals surface area contributed by atoms with Crippen molar-refractivity contribution in [2.45, 2.75) is 46.6 Å². The smallest absolute Gasteiger partial charge is 0.137 e. The number of aryl methyl sites for hydroxylation is 1. The standard InChI is InChI=1S/C10H20N3/c1-7(2)10-9(5)13(8(3)4)11-12(10)6/h7-8H,1-6H3/q+1. The molecule has 1 aromatic heterocycles. The Morgan fingerprint density at radius 1 is 1.23 bits per heavy atom. The van der Waals surface area contributed by atoms with Crippen LogP contribution in [0.2, 0.25) is 0 Å². The van der Waals surface area contributed by atoms with E-state index in [2.05, 4.69) is 44.5 Å². The van der Waals surface area contributed by atoms with Gasteiger partial charge >= 0.3 is 0 Å². The molecule has 3 nitrogen and oxygen atoms in total. The van der Waals surface area contributed by atoms with Crippen LogP contribution in [0.3, 0.4) is 0 Å². The molecule has 0 bridgehead atoms. The van der Waals surface area contributed by atoms with Crippen molar-refractivity contribution in [3.8, 4) is 0 Å². The third-order valence-corrected chi connectivity index (χ3v) is 2.33. The van der Waals surface area contributed by atoms with E-state index in [1.807, 2.05) is 11.7 Å². The van der Waals surface area contributed by atoms with Gasteiger partial charge in [-0.25, -0.2) is 0 Å². The predicted octanol–water partition coefficient (Wildman–Crippen LogP) is 1.72. The molecule has 74 valence electrons. The van der Waals surface area contributed by atoms with Gasteiger partial charge in [0.2, 0.25) is 0 Å². The fourth-order valence-electron chi connectivity index (χ4n) is 1.89. The van der Waals surface area contributed by atoms with Crippen LogP contribution >= 0.6 is 0 Å². The zero-order valence-corrected chi connectivity index (χ0v) is 9.50. The summed E-state index contributed by atoms with van der Waals surface area (Å²) in [5, 5.41) is 4.46. The zero-order chi connectivity index (χ0) is 10.2. The van der Waals surface area contributed by atoms with Crippen LogP contribution in [-0.4, -0.2) is 9.90 Å². The van der Waals surface area contributed by atoms with Crippen LogP contribution in [0.15, 0.2) is 0 Å². The Kier molecular flexibility index (Phi) is 2.74. The second-order valence-corrected chi connectivity index (χ2v) is 4.18. The summed E-state index contributed by atoms with van der Waals surface area (Å²) in [4.78, 5) is 0. The van der Waals surface area contributed by atoms with Gasteiger partial charge < -0.3 is 0 Å². The van der Waals surface area contributed by atoms with Gasteiger partial charge in [-0.1, -0.05) is 13.8 Å². The molecule has 0 unspecified atom stereocenters. The normalized spacial score (nSPS) is 11.7. The second kappa shape index (κ2) is 3.48. The van der Waals surface area contributed by atoms with Crippen molar-refractivity contribution in [3.63, 3.8) is 0 Å². The molecule has 0 fully saturated rings. The summed E-state index contributed by atoms with van der Waals surface area (Å²) in [6.45, 7) is 10.9. The Bertz CT molecular complexity index is 297. The van der Waals surface area contributed by atoms with E-state index in [9.17, 15) is 0 Å². The molecule has 1 heterocycles. The molecule has 0 aliphatic rings. The number of aromatic nitrogens is 3. The topological polar surface area (TPSA) is 21.7 Å². The Morgan fingerprint density at radius 3 is 2.00 bits per heavy atom. The minimum Gasteiger partial charge on any atom is -0.137 e. The molecule has 0 N–H and O–H groups in total. The lowest BCUT2D eigenvalue weighted by molar-refractivity contribution is -0.740. The van der Waals surface area contributed by atoms with Crippen LogP contribution in [0.5, 0.6) is 0 Å². The van der Waals surface area contributed by atoms with E-state index in [-0.39, 0.29) is 0 Å². The van der Waals surface area contributed by atoms with Crippen LogP contribution < -0.4 is 4.68 Å². The SMILES string of the molecule is Cc1c(C(C)C)[n+](C)nn1C(C)C. The molecule has 0 radical (unpaired) electrons. The molecular formula is C10H20N3+. The van der Waals surface area contributed by atoms with Crippen LogP contribution in [0.4, 0.5) is 0 Å². The van der Waals surface area contributed by atoms with Gasteiger partial charge in [0.15, 0.2) is 11.4 Å². The summed E-state index contributed by atoms with van der Waals surface area (Å²) in [5.41, 5.74) is 2.61. The lowest BCUT2D eigenvalue weighted by atomic mass is 10.1. The average molecular weight is 182 g/mol. The second-order valence-electron chi connectivity index (χ2n) is 4.18. The van der Waals surface area contributed by atoms with Crippen molar-refractivity contribution in [3.05, 3.63) is 11.4 Å². The van der Waals surface area contributed by atoms with Crippen molar-refractivity contribution in [2.75, 3.05) is 0 Å². The largest absolute Gasteiger partial charge is 0.172 e. The van der Waals surface area contributed by atoms with E-state index in [0.717, 1.165) is 0 Å². The van der Waals surface area contributed by atoms with E-state index in [4.69, 9.17) is 0 Å². The summed E-state index contributed by atoms with van der Waals surface area (Å²) in [7, 11) is 2.02. The fraction of sp³-hybridized carbons (Fsp3) is 0.800. The van der Waals surface area contributed by atoms with Crippen LogP contribution in [0.25, 0.3) is 0 Å². The quantitative estimate of drug-likeness (QED) is 0.638. The molecule has 0 amide bonds. The number of hydrogen-bond donors (Lipinski definition) is 0. The van der Waals surface area contributed by atoms with E-state index in [0.29, 0.717) is 12.0 Å². The Labute approximate surface area is 80.4 Å². The molecule has 0 saturated carbocycles. The Morgan fingerprint density at radius 2 is 1.77 bits per heavy atom. The highest BCUT2D eigenvalue weighted by Gasteiger charge is 2.23. The molecule has 1 rings (SSSR count). The maximum absolute atomic E-state index is 4.46. The van der Waals surface area contributed by atoms with Gasteiger partial charge in [0.05, 0.1) is 5.21 Å². The van der Waals surface area contributed by atoms with Gasteiger partial charge in [0.25, 0.3) is 0 Å². The number of nitrogens with zero attached hydrogens (tertiary/aromatic N) is 3. The first kappa shape index (κ1) is 10.2. The maximum Gasteiger partial charge on any atom is 0.172 e. The fourth-order valence-corrected chi connectivity index (χ4v) is 1.89. The summed E-state index contributed by atoms with van der Waals surface area (Å²) < 4.78 is 4.06. The summed E-state index contributed by atoms with van der Waals surface area (Å²) >= 11 is 0. The van der Waals surface area contributed by atoms with E-state index in [1.54, 1.807) is 0 Å². The van der Waals surface area contributed by atoms with Crippen LogP contribution in [-0.2, 0) is 7.05 Å². The first-order chi connectivity index (χ1) is 5.95. The van der Waals surface area contributed by atoms with Crippen molar-refractivity contribution in [2.24, 2.45) is 7.05 Å². The highest BCUT2D eigenvalue weighted by molar-refractivity contribution is 5.07. The molecule has 0 aliphatic heterocycles. The molecular weight excluding hydrogens is 162 g/mol. The molecule has 0 atom stereocenters. The molecule has 1 aromatic rings. The van der Waals surface area contributed by atoms with E-state index < -0.39 is 0 Å². The first-order valence-corrected chi connectivity index (χ1v) is 4.90. The van der Waals surface area contributed by atoms with Crippen molar-refractivity contribution < 1.29 is 4.68 Å². The highest BCUT2D eigenvalue weighted by Crippen LogP contribution is 2.16. The van der Waals surface area contributed by atoms with Crippen LogP contribution in [0.1, 0.15) is 51.0 Å².